The van der Waals surface area contributed by atoms with Gasteiger partial charge in [-0.25, -0.2) is 0 Å². The first kappa shape index (κ1) is 24.7. The molecule has 2 aliphatic rings. The standard InChI is InChI=1S/C27H34N4O4/c1-17(2)14-24-27(34)30-22-15-18(26(33)29-21-11-7-6-10-20(21)28)12-13-23(22)31(24)25(32)16-35-19-8-4-3-5-9-19/h3-5,8-9,12-13,15,17,20-21,24H,6-7,10-11,14,16,28H2,1-2H3,(H,29,33)(H,30,34). The lowest BCUT2D eigenvalue weighted by atomic mass is 9.91. The first-order valence-electron chi connectivity index (χ1n) is 12.3. The van der Waals surface area contributed by atoms with Crippen LogP contribution in [0.25, 0.3) is 0 Å². The van der Waals surface area contributed by atoms with Gasteiger partial charge in [0.25, 0.3) is 11.8 Å². The highest BCUT2D eigenvalue weighted by Crippen LogP contribution is 2.35. The molecule has 4 rings (SSSR count). The number of hydrogen-bond acceptors (Lipinski definition) is 5. The topological polar surface area (TPSA) is 114 Å². The average Bonchev–Trinajstić information content (AvgIpc) is 2.84. The van der Waals surface area contributed by atoms with Crippen molar-refractivity contribution in [3.63, 3.8) is 0 Å². The van der Waals surface area contributed by atoms with Crippen LogP contribution in [0.15, 0.2) is 48.5 Å². The van der Waals surface area contributed by atoms with Gasteiger partial charge in [-0.1, -0.05) is 44.9 Å². The van der Waals surface area contributed by atoms with Crippen molar-refractivity contribution in [3.05, 3.63) is 54.1 Å². The third-order valence-electron chi connectivity index (χ3n) is 6.60. The number of nitrogens with two attached hydrogens (primary N) is 1. The molecule has 3 amide bonds. The molecule has 4 N–H and O–H groups in total. The van der Waals surface area contributed by atoms with Gasteiger partial charge >= 0.3 is 0 Å². The molecule has 1 heterocycles. The maximum absolute atomic E-state index is 13.3. The fourth-order valence-electron chi connectivity index (χ4n) is 4.78. The molecule has 1 aliphatic heterocycles. The molecule has 1 fully saturated rings. The zero-order valence-corrected chi connectivity index (χ0v) is 20.3. The molecule has 2 aromatic rings. The molecule has 0 saturated heterocycles. The highest BCUT2D eigenvalue weighted by atomic mass is 16.5. The third-order valence-corrected chi connectivity index (χ3v) is 6.60. The van der Waals surface area contributed by atoms with Crippen LogP contribution in [0.4, 0.5) is 11.4 Å². The molecule has 35 heavy (non-hydrogen) atoms. The molecular weight excluding hydrogens is 444 g/mol. The summed E-state index contributed by atoms with van der Waals surface area (Å²) in [6.07, 6.45) is 4.37. The predicted molar refractivity (Wildman–Crippen MR) is 135 cm³/mol. The van der Waals surface area contributed by atoms with Gasteiger partial charge in [0, 0.05) is 17.6 Å². The lowest BCUT2D eigenvalue weighted by Gasteiger charge is -2.37. The first-order valence-corrected chi connectivity index (χ1v) is 12.3. The zero-order chi connectivity index (χ0) is 24.9. The number of carbonyl (C=O) groups is 3. The fourth-order valence-corrected chi connectivity index (χ4v) is 4.78. The summed E-state index contributed by atoms with van der Waals surface area (Å²) in [5.74, 6) is -0.0515. The summed E-state index contributed by atoms with van der Waals surface area (Å²) in [6, 6.07) is 13.3. The molecule has 0 spiro atoms. The molecular formula is C27H34N4O4. The van der Waals surface area contributed by atoms with Crippen molar-refractivity contribution in [2.45, 2.75) is 64.1 Å². The van der Waals surface area contributed by atoms with Crippen molar-refractivity contribution in [2.75, 3.05) is 16.8 Å². The van der Waals surface area contributed by atoms with Crippen LogP contribution in [-0.2, 0) is 9.59 Å². The molecule has 2 aromatic carbocycles. The second-order valence-corrected chi connectivity index (χ2v) is 9.76. The van der Waals surface area contributed by atoms with E-state index in [9.17, 15) is 14.4 Å². The summed E-state index contributed by atoms with van der Waals surface area (Å²) in [4.78, 5) is 40.8. The summed E-state index contributed by atoms with van der Waals surface area (Å²) >= 11 is 0. The summed E-state index contributed by atoms with van der Waals surface area (Å²) in [5.41, 5.74) is 7.59. The minimum absolute atomic E-state index is 0.0560. The number of benzene rings is 2. The van der Waals surface area contributed by atoms with Gasteiger partial charge in [-0.05, 0) is 55.5 Å². The Hall–Kier alpha value is -3.39. The number of nitrogens with one attached hydrogen (secondary N) is 2. The van der Waals surface area contributed by atoms with Gasteiger partial charge in [0.05, 0.1) is 11.4 Å². The van der Waals surface area contributed by atoms with Crippen LogP contribution in [0.1, 0.15) is 56.3 Å². The van der Waals surface area contributed by atoms with Crippen molar-refractivity contribution in [1.29, 1.82) is 0 Å². The molecule has 8 nitrogen and oxygen atoms in total. The normalized spacial score (nSPS) is 21.8. The van der Waals surface area contributed by atoms with E-state index in [1.807, 2.05) is 32.0 Å². The molecule has 1 saturated carbocycles. The van der Waals surface area contributed by atoms with E-state index in [0.29, 0.717) is 29.1 Å². The molecule has 0 bridgehead atoms. The lowest BCUT2D eigenvalue weighted by Crippen LogP contribution is -2.53. The van der Waals surface area contributed by atoms with Crippen LogP contribution in [0, 0.1) is 5.92 Å². The van der Waals surface area contributed by atoms with Gasteiger partial charge in [0.2, 0.25) is 5.91 Å². The molecule has 3 unspecified atom stereocenters. The van der Waals surface area contributed by atoms with Crippen molar-refractivity contribution in [3.8, 4) is 5.75 Å². The molecule has 8 heteroatoms. The number of ether oxygens (including phenoxy) is 1. The SMILES string of the molecule is CC(C)CC1C(=O)Nc2cc(C(=O)NC3CCCCC3N)ccc2N1C(=O)COc1ccccc1. The van der Waals surface area contributed by atoms with Crippen molar-refractivity contribution in [1.82, 2.24) is 5.32 Å². The van der Waals surface area contributed by atoms with Gasteiger partial charge < -0.3 is 21.1 Å². The van der Waals surface area contributed by atoms with Crippen molar-refractivity contribution >= 4 is 29.1 Å². The predicted octanol–water partition coefficient (Wildman–Crippen LogP) is 3.47. The van der Waals surface area contributed by atoms with Crippen molar-refractivity contribution in [2.24, 2.45) is 11.7 Å². The van der Waals surface area contributed by atoms with E-state index in [1.165, 1.54) is 4.90 Å². The van der Waals surface area contributed by atoms with E-state index < -0.39 is 6.04 Å². The molecule has 1 aliphatic carbocycles. The van der Waals surface area contributed by atoms with Crippen molar-refractivity contribution < 1.29 is 19.1 Å². The van der Waals surface area contributed by atoms with E-state index in [4.69, 9.17) is 10.5 Å². The number of rotatable bonds is 7. The number of nitrogens with zero attached hydrogens (tertiary/aromatic N) is 1. The van der Waals surface area contributed by atoms with Crippen LogP contribution in [0.5, 0.6) is 5.75 Å². The average molecular weight is 479 g/mol. The first-order chi connectivity index (χ1) is 16.8. The van der Waals surface area contributed by atoms with Gasteiger partial charge in [-0.3, -0.25) is 19.3 Å². The van der Waals surface area contributed by atoms with Crippen LogP contribution in [0.3, 0.4) is 0 Å². The zero-order valence-electron chi connectivity index (χ0n) is 20.3. The monoisotopic (exact) mass is 478 g/mol. The molecule has 0 radical (unpaired) electrons. The Labute approximate surface area is 206 Å². The Morgan fingerprint density at radius 1 is 1.14 bits per heavy atom. The van der Waals surface area contributed by atoms with E-state index in [2.05, 4.69) is 10.6 Å². The number of amides is 3. The van der Waals surface area contributed by atoms with Gasteiger partial charge in [-0.15, -0.1) is 0 Å². The quantitative estimate of drug-likeness (QED) is 0.564. The second kappa shape index (κ2) is 10.9. The number of anilines is 2. The number of para-hydroxylation sites is 1. The Kier molecular flexibility index (Phi) is 7.70. The summed E-state index contributed by atoms with van der Waals surface area (Å²) in [5, 5.41) is 5.94. The minimum Gasteiger partial charge on any atom is -0.484 e. The highest BCUT2D eigenvalue weighted by molar-refractivity contribution is 6.13. The molecule has 3 atom stereocenters. The lowest BCUT2D eigenvalue weighted by molar-refractivity contribution is -0.125. The van der Waals surface area contributed by atoms with Crippen LogP contribution in [-0.4, -0.2) is 42.5 Å². The Morgan fingerprint density at radius 3 is 2.60 bits per heavy atom. The van der Waals surface area contributed by atoms with Crippen LogP contribution >= 0.6 is 0 Å². The number of carbonyl (C=O) groups excluding carboxylic acids is 3. The van der Waals surface area contributed by atoms with E-state index in [-0.39, 0.29) is 42.3 Å². The van der Waals surface area contributed by atoms with E-state index in [1.54, 1.807) is 30.3 Å². The smallest absolute Gasteiger partial charge is 0.265 e. The highest BCUT2D eigenvalue weighted by Gasteiger charge is 2.37. The summed E-state index contributed by atoms with van der Waals surface area (Å²) < 4.78 is 5.68. The third kappa shape index (κ3) is 5.82. The van der Waals surface area contributed by atoms with Gasteiger partial charge in [0.15, 0.2) is 6.61 Å². The Balaban J connectivity index is 1.57. The fraction of sp³-hybridized carbons (Fsp3) is 0.444. The number of fused-ring (bicyclic) bond motifs is 1. The van der Waals surface area contributed by atoms with E-state index >= 15 is 0 Å². The Morgan fingerprint density at radius 2 is 1.89 bits per heavy atom. The molecule has 0 aromatic heterocycles. The van der Waals surface area contributed by atoms with Crippen LogP contribution in [0.2, 0.25) is 0 Å². The maximum atomic E-state index is 13.3. The summed E-state index contributed by atoms with van der Waals surface area (Å²) in [6.45, 7) is 3.82. The van der Waals surface area contributed by atoms with Crippen LogP contribution < -0.4 is 26.0 Å². The second-order valence-electron chi connectivity index (χ2n) is 9.76. The van der Waals surface area contributed by atoms with Gasteiger partial charge in [0.1, 0.15) is 11.8 Å². The molecule has 186 valence electrons. The largest absolute Gasteiger partial charge is 0.484 e. The summed E-state index contributed by atoms with van der Waals surface area (Å²) in [7, 11) is 0. The Bertz CT molecular complexity index is 1070. The maximum Gasteiger partial charge on any atom is 0.265 e. The van der Waals surface area contributed by atoms with Gasteiger partial charge in [-0.2, -0.15) is 0 Å². The number of hydrogen-bond donors (Lipinski definition) is 3. The van der Waals surface area contributed by atoms with E-state index in [0.717, 1.165) is 25.7 Å². The minimum atomic E-state index is -0.658.